The van der Waals surface area contributed by atoms with Crippen molar-refractivity contribution in [2.24, 2.45) is 0 Å². The van der Waals surface area contributed by atoms with Crippen LogP contribution in [0, 0.1) is 6.92 Å². The van der Waals surface area contributed by atoms with Crippen LogP contribution in [0.2, 0.25) is 0 Å². The molecular formula is C14H11BrNO4S-. The zero-order chi connectivity index (χ0) is 15.6. The molecule has 0 saturated carbocycles. The number of carbonyl (C=O) groups is 1. The average molecular weight is 369 g/mol. The number of benzene rings is 2. The summed E-state index contributed by atoms with van der Waals surface area (Å²) < 4.78 is 27.5. The molecule has 0 fully saturated rings. The second-order valence-corrected chi connectivity index (χ2v) is 6.94. The summed E-state index contributed by atoms with van der Waals surface area (Å²) in [5.41, 5.74) is 1.32. The summed E-state index contributed by atoms with van der Waals surface area (Å²) in [7, 11) is -3.78. The van der Waals surface area contributed by atoms with E-state index in [2.05, 4.69) is 20.7 Å². The Morgan fingerprint density at radius 2 is 1.76 bits per heavy atom. The van der Waals surface area contributed by atoms with Crippen LogP contribution < -0.4 is 9.83 Å². The fourth-order valence-electron chi connectivity index (χ4n) is 1.68. The normalized spacial score (nSPS) is 11.1. The lowest BCUT2D eigenvalue weighted by Gasteiger charge is -2.11. The largest absolute Gasteiger partial charge is 0.545 e. The Hall–Kier alpha value is -1.86. The van der Waals surface area contributed by atoms with Crippen molar-refractivity contribution in [2.75, 3.05) is 4.72 Å². The number of aryl methyl sites for hydroxylation is 1. The van der Waals surface area contributed by atoms with Crippen LogP contribution in [0.4, 0.5) is 5.69 Å². The summed E-state index contributed by atoms with van der Waals surface area (Å²) in [6, 6.07) is 10.0. The van der Waals surface area contributed by atoms with Crippen LogP contribution >= 0.6 is 15.9 Å². The lowest BCUT2D eigenvalue weighted by atomic mass is 10.2. The van der Waals surface area contributed by atoms with E-state index < -0.39 is 16.0 Å². The number of carboxylic acid groups (broad SMARTS) is 1. The minimum absolute atomic E-state index is 0.0278. The van der Waals surface area contributed by atoms with Gasteiger partial charge in [-0.2, -0.15) is 0 Å². The van der Waals surface area contributed by atoms with Gasteiger partial charge >= 0.3 is 0 Å². The van der Waals surface area contributed by atoms with Gasteiger partial charge in [-0.25, -0.2) is 8.42 Å². The smallest absolute Gasteiger partial charge is 0.261 e. The van der Waals surface area contributed by atoms with Gasteiger partial charge < -0.3 is 9.90 Å². The Morgan fingerprint density at radius 3 is 2.29 bits per heavy atom. The number of halogens is 1. The van der Waals surface area contributed by atoms with Crippen LogP contribution in [0.5, 0.6) is 0 Å². The minimum Gasteiger partial charge on any atom is -0.545 e. The van der Waals surface area contributed by atoms with Gasteiger partial charge in [-0.15, -0.1) is 0 Å². The highest BCUT2D eigenvalue weighted by molar-refractivity contribution is 9.10. The van der Waals surface area contributed by atoms with Gasteiger partial charge in [0.1, 0.15) is 0 Å². The molecule has 0 atom stereocenters. The summed E-state index contributed by atoms with van der Waals surface area (Å²) >= 11 is 3.29. The SMILES string of the molecule is Cc1ccc(NS(=O)(=O)c2ccc(C(=O)[O-])cc2)c(Br)c1. The maximum absolute atomic E-state index is 12.2. The van der Waals surface area contributed by atoms with E-state index in [1.807, 2.05) is 6.92 Å². The molecule has 0 amide bonds. The summed E-state index contributed by atoms with van der Waals surface area (Å²) in [6.07, 6.45) is 0. The predicted molar refractivity (Wildman–Crippen MR) is 80.5 cm³/mol. The fourth-order valence-corrected chi connectivity index (χ4v) is 3.48. The van der Waals surface area contributed by atoms with Crippen molar-refractivity contribution in [3.63, 3.8) is 0 Å². The summed E-state index contributed by atoms with van der Waals surface area (Å²) in [5, 5.41) is 10.6. The molecule has 0 radical (unpaired) electrons. The predicted octanol–water partition coefficient (Wildman–Crippen LogP) is 1.92. The van der Waals surface area contributed by atoms with E-state index in [1.165, 1.54) is 24.3 Å². The molecule has 0 spiro atoms. The maximum Gasteiger partial charge on any atom is 0.261 e. The number of sulfonamides is 1. The van der Waals surface area contributed by atoms with E-state index in [1.54, 1.807) is 18.2 Å². The van der Waals surface area contributed by atoms with Gasteiger partial charge in [0, 0.05) is 4.47 Å². The zero-order valence-electron chi connectivity index (χ0n) is 11.0. The third-order valence-corrected chi connectivity index (χ3v) is 4.81. The van der Waals surface area contributed by atoms with Crippen LogP contribution in [0.3, 0.4) is 0 Å². The molecule has 110 valence electrons. The molecule has 2 rings (SSSR count). The first-order valence-corrected chi connectivity index (χ1v) is 8.17. The van der Waals surface area contributed by atoms with Crippen LogP contribution in [-0.2, 0) is 10.0 Å². The van der Waals surface area contributed by atoms with Crippen molar-refractivity contribution in [1.29, 1.82) is 0 Å². The molecule has 0 aliphatic carbocycles. The molecule has 5 nitrogen and oxygen atoms in total. The number of hydrogen-bond acceptors (Lipinski definition) is 4. The molecule has 7 heteroatoms. The summed E-state index contributed by atoms with van der Waals surface area (Å²) in [6.45, 7) is 1.89. The number of anilines is 1. The van der Waals surface area contributed by atoms with Crippen molar-refractivity contribution in [1.82, 2.24) is 0 Å². The van der Waals surface area contributed by atoms with Crippen LogP contribution in [-0.4, -0.2) is 14.4 Å². The number of hydrogen-bond donors (Lipinski definition) is 1. The van der Waals surface area contributed by atoms with E-state index in [9.17, 15) is 18.3 Å². The van der Waals surface area contributed by atoms with Gasteiger partial charge in [-0.1, -0.05) is 18.2 Å². The Morgan fingerprint density at radius 1 is 1.14 bits per heavy atom. The molecule has 0 unspecified atom stereocenters. The maximum atomic E-state index is 12.2. The molecular weight excluding hydrogens is 358 g/mol. The number of aromatic carboxylic acids is 1. The molecule has 0 aliphatic heterocycles. The van der Waals surface area contributed by atoms with Gasteiger partial charge in [0.05, 0.1) is 16.6 Å². The van der Waals surface area contributed by atoms with E-state index in [-0.39, 0.29) is 10.5 Å². The molecule has 2 aromatic carbocycles. The standard InChI is InChI=1S/C14H12BrNO4S/c1-9-2-7-13(12(15)8-9)16-21(19,20)11-5-3-10(4-6-11)14(17)18/h2-8,16H,1H3,(H,17,18)/p-1. The molecule has 1 N–H and O–H groups in total. The first-order valence-electron chi connectivity index (χ1n) is 5.90. The highest BCUT2D eigenvalue weighted by atomic mass is 79.9. The molecule has 0 aliphatic rings. The van der Waals surface area contributed by atoms with Crippen LogP contribution in [0.15, 0.2) is 51.8 Å². The highest BCUT2D eigenvalue weighted by Crippen LogP contribution is 2.26. The second-order valence-electron chi connectivity index (χ2n) is 4.40. The van der Waals surface area contributed by atoms with Crippen LogP contribution in [0.1, 0.15) is 15.9 Å². The first kappa shape index (κ1) is 15.5. The third kappa shape index (κ3) is 3.62. The molecule has 0 aromatic heterocycles. The number of rotatable bonds is 4. The Bertz CT molecular complexity index is 785. The minimum atomic E-state index is -3.78. The van der Waals surface area contributed by atoms with E-state index >= 15 is 0 Å². The molecule has 0 bridgehead atoms. The number of carbonyl (C=O) groups excluding carboxylic acids is 1. The lowest BCUT2D eigenvalue weighted by molar-refractivity contribution is -0.255. The quantitative estimate of drug-likeness (QED) is 0.892. The second kappa shape index (κ2) is 5.87. The highest BCUT2D eigenvalue weighted by Gasteiger charge is 2.15. The van der Waals surface area contributed by atoms with Crippen molar-refractivity contribution in [3.8, 4) is 0 Å². The Kier molecular flexibility index (Phi) is 4.34. The molecule has 2 aromatic rings. The topological polar surface area (TPSA) is 86.3 Å². The van der Waals surface area contributed by atoms with Crippen LogP contribution in [0.25, 0.3) is 0 Å². The van der Waals surface area contributed by atoms with Gasteiger partial charge in [0.15, 0.2) is 0 Å². The van der Waals surface area contributed by atoms with Gasteiger partial charge in [-0.05, 0) is 58.2 Å². The van der Waals surface area contributed by atoms with Crippen molar-refractivity contribution in [3.05, 3.63) is 58.1 Å². The summed E-state index contributed by atoms with van der Waals surface area (Å²) in [4.78, 5) is 10.6. The average Bonchev–Trinajstić information content (AvgIpc) is 2.42. The summed E-state index contributed by atoms with van der Waals surface area (Å²) in [5.74, 6) is -1.35. The van der Waals surface area contributed by atoms with Crippen molar-refractivity contribution < 1.29 is 18.3 Å². The molecule has 21 heavy (non-hydrogen) atoms. The van der Waals surface area contributed by atoms with E-state index in [4.69, 9.17) is 0 Å². The van der Waals surface area contributed by atoms with Crippen molar-refractivity contribution in [2.45, 2.75) is 11.8 Å². The lowest BCUT2D eigenvalue weighted by Crippen LogP contribution is -2.22. The molecule has 0 saturated heterocycles. The number of nitrogens with one attached hydrogen (secondary N) is 1. The fraction of sp³-hybridized carbons (Fsp3) is 0.0714. The monoisotopic (exact) mass is 368 g/mol. The van der Waals surface area contributed by atoms with Crippen molar-refractivity contribution >= 4 is 37.6 Å². The third-order valence-electron chi connectivity index (χ3n) is 2.77. The van der Waals surface area contributed by atoms with Gasteiger partial charge in [-0.3, -0.25) is 4.72 Å². The zero-order valence-corrected chi connectivity index (χ0v) is 13.4. The number of carboxylic acids is 1. The van der Waals surface area contributed by atoms with E-state index in [0.717, 1.165) is 5.56 Å². The Labute approximate surface area is 130 Å². The Balaban J connectivity index is 2.31. The first-order chi connectivity index (χ1) is 9.79. The molecule has 0 heterocycles. The van der Waals surface area contributed by atoms with Gasteiger partial charge in [0.25, 0.3) is 10.0 Å². The van der Waals surface area contributed by atoms with Gasteiger partial charge in [0.2, 0.25) is 0 Å². The van der Waals surface area contributed by atoms with E-state index in [0.29, 0.717) is 10.2 Å².